The van der Waals surface area contributed by atoms with Crippen molar-refractivity contribution in [2.24, 2.45) is 11.1 Å². The maximum atomic E-state index is 13.7. The predicted octanol–water partition coefficient (Wildman–Crippen LogP) is 1.94. The van der Waals surface area contributed by atoms with Gasteiger partial charge < -0.3 is 15.8 Å². The number of hydrogen-bond acceptors (Lipinski definition) is 3. The highest BCUT2D eigenvalue weighted by Gasteiger charge is 2.19. The lowest BCUT2D eigenvalue weighted by Gasteiger charge is -2.24. The molecule has 106 valence electrons. The van der Waals surface area contributed by atoms with Gasteiger partial charge in [-0.1, -0.05) is 13.8 Å². The molecule has 0 aromatic heterocycles. The highest BCUT2D eigenvalue weighted by Crippen LogP contribution is 2.19. The van der Waals surface area contributed by atoms with Crippen LogP contribution in [0.2, 0.25) is 0 Å². The standard InChI is InChI=1S/C14H21FN2O2/c1-14(2,6-7-16)9-17-13(18)11-5-4-10(19-3)8-12(11)15/h4-5,8H,6-7,9,16H2,1-3H3,(H,17,18). The van der Waals surface area contributed by atoms with E-state index in [0.29, 0.717) is 18.8 Å². The first kappa shape index (κ1) is 15.4. The van der Waals surface area contributed by atoms with E-state index in [1.54, 1.807) is 6.07 Å². The molecule has 1 aromatic rings. The van der Waals surface area contributed by atoms with E-state index in [9.17, 15) is 9.18 Å². The van der Waals surface area contributed by atoms with E-state index in [1.807, 2.05) is 13.8 Å². The molecule has 0 aliphatic carbocycles. The van der Waals surface area contributed by atoms with Gasteiger partial charge in [0.1, 0.15) is 11.6 Å². The third-order valence-electron chi connectivity index (χ3n) is 2.97. The van der Waals surface area contributed by atoms with Gasteiger partial charge in [0.05, 0.1) is 12.7 Å². The molecule has 1 amide bonds. The predicted molar refractivity (Wildman–Crippen MR) is 72.7 cm³/mol. The molecule has 0 aliphatic heterocycles. The molecule has 0 bridgehead atoms. The number of ether oxygens (including phenoxy) is 1. The van der Waals surface area contributed by atoms with Crippen molar-refractivity contribution < 1.29 is 13.9 Å². The Morgan fingerprint density at radius 2 is 2.16 bits per heavy atom. The van der Waals surface area contributed by atoms with Crippen LogP contribution in [0.25, 0.3) is 0 Å². The molecule has 19 heavy (non-hydrogen) atoms. The van der Waals surface area contributed by atoms with E-state index >= 15 is 0 Å². The number of benzene rings is 1. The van der Waals surface area contributed by atoms with Crippen molar-refractivity contribution in [1.29, 1.82) is 0 Å². The molecule has 5 heteroatoms. The molecule has 0 atom stereocenters. The number of methoxy groups -OCH3 is 1. The SMILES string of the molecule is COc1ccc(C(=O)NCC(C)(C)CCN)c(F)c1. The normalized spacial score (nSPS) is 11.2. The second-order valence-electron chi connectivity index (χ2n) is 5.23. The van der Waals surface area contributed by atoms with Crippen molar-refractivity contribution in [3.63, 3.8) is 0 Å². The molecule has 0 saturated heterocycles. The number of hydrogen-bond donors (Lipinski definition) is 2. The lowest BCUT2D eigenvalue weighted by molar-refractivity contribution is 0.0931. The van der Waals surface area contributed by atoms with Gasteiger partial charge in [-0.15, -0.1) is 0 Å². The molecule has 4 nitrogen and oxygen atoms in total. The van der Waals surface area contributed by atoms with Crippen LogP contribution in [-0.2, 0) is 0 Å². The molecule has 0 spiro atoms. The summed E-state index contributed by atoms with van der Waals surface area (Å²) in [5.41, 5.74) is 5.42. The first-order valence-electron chi connectivity index (χ1n) is 6.21. The monoisotopic (exact) mass is 268 g/mol. The third-order valence-corrected chi connectivity index (χ3v) is 2.97. The summed E-state index contributed by atoms with van der Waals surface area (Å²) >= 11 is 0. The highest BCUT2D eigenvalue weighted by molar-refractivity contribution is 5.94. The summed E-state index contributed by atoms with van der Waals surface area (Å²) < 4.78 is 18.6. The van der Waals surface area contributed by atoms with Crippen molar-refractivity contribution in [2.45, 2.75) is 20.3 Å². The number of nitrogens with two attached hydrogens (primary N) is 1. The molecule has 0 unspecified atom stereocenters. The van der Waals surface area contributed by atoms with Gasteiger partial charge in [0.25, 0.3) is 5.91 Å². The van der Waals surface area contributed by atoms with Crippen LogP contribution in [0.15, 0.2) is 18.2 Å². The lowest BCUT2D eigenvalue weighted by Crippen LogP contribution is -2.35. The minimum atomic E-state index is -0.589. The Kier molecular flexibility index (Phi) is 5.30. The van der Waals surface area contributed by atoms with E-state index in [-0.39, 0.29) is 11.0 Å². The largest absolute Gasteiger partial charge is 0.497 e. The Hall–Kier alpha value is -1.62. The Morgan fingerprint density at radius 3 is 2.68 bits per heavy atom. The molecule has 3 N–H and O–H groups in total. The summed E-state index contributed by atoms with van der Waals surface area (Å²) in [6.07, 6.45) is 0.790. The van der Waals surface area contributed by atoms with E-state index < -0.39 is 11.7 Å². The van der Waals surface area contributed by atoms with Gasteiger partial charge in [0.15, 0.2) is 0 Å². The summed E-state index contributed by atoms with van der Waals surface area (Å²) in [5, 5.41) is 2.73. The molecule has 0 radical (unpaired) electrons. The number of amides is 1. The zero-order valence-corrected chi connectivity index (χ0v) is 11.6. The highest BCUT2D eigenvalue weighted by atomic mass is 19.1. The fourth-order valence-electron chi connectivity index (χ4n) is 1.70. The topological polar surface area (TPSA) is 64.3 Å². The summed E-state index contributed by atoms with van der Waals surface area (Å²) in [6, 6.07) is 4.17. The molecular formula is C14H21FN2O2. The van der Waals surface area contributed by atoms with Gasteiger partial charge in [-0.05, 0) is 30.5 Å². The van der Waals surface area contributed by atoms with E-state index in [1.165, 1.54) is 19.2 Å². The number of nitrogens with one attached hydrogen (secondary N) is 1. The minimum absolute atomic E-state index is 0.0179. The Labute approximate surface area is 113 Å². The summed E-state index contributed by atoms with van der Waals surface area (Å²) in [7, 11) is 1.45. The van der Waals surface area contributed by atoms with Crippen LogP contribution in [-0.4, -0.2) is 26.1 Å². The smallest absolute Gasteiger partial charge is 0.254 e. The second kappa shape index (κ2) is 6.52. The summed E-state index contributed by atoms with van der Waals surface area (Å²) in [5.74, 6) is -0.628. The quantitative estimate of drug-likeness (QED) is 0.828. The third kappa shape index (κ3) is 4.52. The van der Waals surface area contributed by atoms with Crippen LogP contribution in [0.1, 0.15) is 30.6 Å². The van der Waals surface area contributed by atoms with Gasteiger partial charge >= 0.3 is 0 Å². The number of rotatable bonds is 6. The number of carbonyl (C=O) groups is 1. The van der Waals surface area contributed by atoms with Crippen molar-refractivity contribution in [3.8, 4) is 5.75 Å². The Balaban J connectivity index is 2.68. The maximum Gasteiger partial charge on any atom is 0.254 e. The van der Waals surface area contributed by atoms with Crippen molar-refractivity contribution in [1.82, 2.24) is 5.32 Å². The fraction of sp³-hybridized carbons (Fsp3) is 0.500. The molecule has 0 aliphatic rings. The van der Waals surface area contributed by atoms with Gasteiger partial charge in [-0.25, -0.2) is 4.39 Å². The van der Waals surface area contributed by atoms with Crippen LogP contribution >= 0.6 is 0 Å². The van der Waals surface area contributed by atoms with Crippen molar-refractivity contribution in [2.75, 3.05) is 20.2 Å². The zero-order valence-electron chi connectivity index (χ0n) is 11.6. The fourth-order valence-corrected chi connectivity index (χ4v) is 1.70. The number of carbonyl (C=O) groups excluding carboxylic acids is 1. The van der Waals surface area contributed by atoms with E-state index in [2.05, 4.69) is 5.32 Å². The first-order chi connectivity index (χ1) is 8.89. The zero-order chi connectivity index (χ0) is 14.5. The van der Waals surface area contributed by atoms with Crippen LogP contribution in [0.5, 0.6) is 5.75 Å². The molecular weight excluding hydrogens is 247 g/mol. The van der Waals surface area contributed by atoms with Gasteiger partial charge in [0.2, 0.25) is 0 Å². The minimum Gasteiger partial charge on any atom is -0.497 e. The van der Waals surface area contributed by atoms with Gasteiger partial charge in [-0.3, -0.25) is 4.79 Å². The van der Waals surface area contributed by atoms with Crippen LogP contribution in [0, 0.1) is 11.2 Å². The van der Waals surface area contributed by atoms with E-state index in [4.69, 9.17) is 10.5 Å². The summed E-state index contributed by atoms with van der Waals surface area (Å²) in [6.45, 7) is 5.02. The second-order valence-corrected chi connectivity index (χ2v) is 5.23. The first-order valence-corrected chi connectivity index (χ1v) is 6.21. The van der Waals surface area contributed by atoms with Crippen LogP contribution in [0.4, 0.5) is 4.39 Å². The van der Waals surface area contributed by atoms with E-state index in [0.717, 1.165) is 6.42 Å². The van der Waals surface area contributed by atoms with Crippen molar-refractivity contribution in [3.05, 3.63) is 29.6 Å². The van der Waals surface area contributed by atoms with Crippen LogP contribution in [0.3, 0.4) is 0 Å². The molecule has 0 saturated carbocycles. The van der Waals surface area contributed by atoms with Gasteiger partial charge in [0, 0.05) is 12.6 Å². The molecule has 1 rings (SSSR count). The maximum absolute atomic E-state index is 13.7. The van der Waals surface area contributed by atoms with Gasteiger partial charge in [-0.2, -0.15) is 0 Å². The Morgan fingerprint density at radius 1 is 1.47 bits per heavy atom. The number of halogens is 1. The summed E-state index contributed by atoms with van der Waals surface area (Å²) in [4.78, 5) is 11.9. The molecule has 0 fully saturated rings. The molecule has 0 heterocycles. The average Bonchev–Trinajstić information content (AvgIpc) is 2.36. The van der Waals surface area contributed by atoms with Crippen molar-refractivity contribution >= 4 is 5.91 Å². The average molecular weight is 268 g/mol. The lowest BCUT2D eigenvalue weighted by atomic mass is 9.89. The molecule has 1 aromatic carbocycles. The Bertz CT molecular complexity index is 447. The van der Waals surface area contributed by atoms with Crippen LogP contribution < -0.4 is 15.8 Å².